The smallest absolute Gasteiger partial charge is 0.336 e. The van der Waals surface area contributed by atoms with Crippen LogP contribution in [0.25, 0.3) is 11.0 Å². The molecule has 2 heterocycles. The van der Waals surface area contributed by atoms with E-state index in [2.05, 4.69) is 16.8 Å². The first-order valence-corrected chi connectivity index (χ1v) is 11.3. The van der Waals surface area contributed by atoms with Gasteiger partial charge in [0.1, 0.15) is 17.9 Å². The predicted octanol–water partition coefficient (Wildman–Crippen LogP) is 4.85. The normalized spacial score (nSPS) is 11.1. The number of phenolic OH excluding ortho intramolecular Hbond substituents is 1. The number of allylic oxidation sites excluding steroid dienone is 1. The van der Waals surface area contributed by atoms with E-state index in [0.717, 1.165) is 16.5 Å². The maximum atomic E-state index is 13.9. The molecule has 0 aliphatic heterocycles. The van der Waals surface area contributed by atoms with Crippen molar-refractivity contribution in [3.8, 4) is 11.5 Å². The molecule has 0 saturated carbocycles. The number of hydrogen-bond donors (Lipinski definition) is 1. The Kier molecular flexibility index (Phi) is 6.79. The quantitative estimate of drug-likeness (QED) is 0.214. The third-order valence-corrected chi connectivity index (χ3v) is 6.08. The molecule has 0 bridgehead atoms. The molecule has 1 N–H and O–H groups in total. The highest BCUT2D eigenvalue weighted by Gasteiger charge is 2.16. The van der Waals surface area contributed by atoms with Gasteiger partial charge in [0, 0.05) is 29.8 Å². The number of fused-ring (bicyclic) bond motifs is 1. The molecule has 0 radical (unpaired) electrons. The van der Waals surface area contributed by atoms with Gasteiger partial charge in [-0.15, -0.1) is 16.8 Å². The Morgan fingerprint density at radius 1 is 1.24 bits per heavy atom. The average Bonchev–Trinajstić information content (AvgIpc) is 3.18. The first-order valence-electron chi connectivity index (χ1n) is 10.3. The van der Waals surface area contributed by atoms with Crippen molar-refractivity contribution in [3.05, 3.63) is 88.3 Å². The molecule has 0 saturated heterocycles. The largest absolute Gasteiger partial charge is 0.508 e. The topological polar surface area (TPSA) is 90.4 Å². The highest BCUT2D eigenvalue weighted by Crippen LogP contribution is 2.30. The van der Waals surface area contributed by atoms with Gasteiger partial charge in [-0.2, -0.15) is 0 Å². The number of aryl methyl sites for hydroxylation is 1. The van der Waals surface area contributed by atoms with Gasteiger partial charge in [-0.1, -0.05) is 36.9 Å². The molecule has 0 atom stereocenters. The molecule has 2 aromatic carbocycles. The van der Waals surface area contributed by atoms with E-state index in [4.69, 9.17) is 9.15 Å². The fourth-order valence-corrected chi connectivity index (χ4v) is 4.36. The fourth-order valence-electron chi connectivity index (χ4n) is 3.40. The number of aromatic hydroxyl groups is 1. The van der Waals surface area contributed by atoms with Crippen LogP contribution in [0.4, 0.5) is 4.39 Å². The van der Waals surface area contributed by atoms with Gasteiger partial charge in [0.2, 0.25) is 0 Å². The number of para-hydroxylation sites is 1. The molecule has 0 aliphatic rings. The van der Waals surface area contributed by atoms with E-state index >= 15 is 0 Å². The van der Waals surface area contributed by atoms with Crippen LogP contribution < -0.4 is 10.4 Å². The summed E-state index contributed by atoms with van der Waals surface area (Å²) in [5.41, 5.74) is 1.37. The number of rotatable bonds is 9. The Morgan fingerprint density at radius 3 is 2.82 bits per heavy atom. The van der Waals surface area contributed by atoms with Gasteiger partial charge < -0.3 is 14.3 Å². The molecular formula is C24H22FN3O4S. The maximum Gasteiger partial charge on any atom is 0.336 e. The molecule has 7 nitrogen and oxygen atoms in total. The molecule has 4 rings (SSSR count). The third kappa shape index (κ3) is 4.93. The Labute approximate surface area is 193 Å². The Balaban J connectivity index is 1.58. The van der Waals surface area contributed by atoms with Crippen LogP contribution in [0.5, 0.6) is 11.5 Å². The molecule has 0 fully saturated rings. The van der Waals surface area contributed by atoms with Gasteiger partial charge in [0.05, 0.1) is 0 Å². The van der Waals surface area contributed by atoms with Crippen molar-refractivity contribution in [2.45, 2.75) is 37.4 Å². The minimum Gasteiger partial charge on any atom is -0.508 e. The summed E-state index contributed by atoms with van der Waals surface area (Å²) in [7, 11) is 0. The number of hydrogen-bond acceptors (Lipinski definition) is 7. The molecular weight excluding hydrogens is 445 g/mol. The number of benzene rings is 2. The van der Waals surface area contributed by atoms with Crippen LogP contribution in [0.1, 0.15) is 23.9 Å². The molecule has 9 heteroatoms. The summed E-state index contributed by atoms with van der Waals surface area (Å²) >= 11 is 1.40. The fraction of sp³-hybridized carbons (Fsp3) is 0.208. The summed E-state index contributed by atoms with van der Waals surface area (Å²) in [6.45, 7) is 6.21. The zero-order chi connectivity index (χ0) is 23.4. The van der Waals surface area contributed by atoms with Gasteiger partial charge >= 0.3 is 5.63 Å². The SMILES string of the molecule is C=CCn1c(COc2ccccc2F)nnc1SCc1cc(=O)oc2cc(O)c(CC)cc12. The highest BCUT2D eigenvalue weighted by atomic mass is 32.2. The predicted molar refractivity (Wildman–Crippen MR) is 124 cm³/mol. The number of phenols is 1. The maximum absolute atomic E-state index is 13.9. The molecule has 0 aliphatic carbocycles. The molecule has 0 amide bonds. The summed E-state index contributed by atoms with van der Waals surface area (Å²) in [6.07, 6.45) is 2.36. The van der Waals surface area contributed by atoms with Crippen LogP contribution >= 0.6 is 11.8 Å². The minimum atomic E-state index is -0.492. The number of ether oxygens (including phenoxy) is 1. The minimum absolute atomic E-state index is 0.0410. The van der Waals surface area contributed by atoms with E-state index in [1.807, 2.05) is 17.6 Å². The van der Waals surface area contributed by atoms with Crippen LogP contribution in [0.3, 0.4) is 0 Å². The Bertz CT molecular complexity index is 1370. The van der Waals surface area contributed by atoms with Crippen molar-refractivity contribution in [2.75, 3.05) is 0 Å². The average molecular weight is 468 g/mol. The van der Waals surface area contributed by atoms with Crippen LogP contribution in [0, 0.1) is 5.82 Å². The lowest BCUT2D eigenvalue weighted by atomic mass is 10.1. The van der Waals surface area contributed by atoms with E-state index in [-0.39, 0.29) is 18.1 Å². The lowest BCUT2D eigenvalue weighted by Crippen LogP contribution is -2.08. The summed E-state index contributed by atoms with van der Waals surface area (Å²) in [6, 6.07) is 10.9. The molecule has 0 unspecified atom stereocenters. The van der Waals surface area contributed by atoms with Crippen LogP contribution in [-0.2, 0) is 25.3 Å². The molecule has 33 heavy (non-hydrogen) atoms. The zero-order valence-electron chi connectivity index (χ0n) is 18.0. The lowest BCUT2D eigenvalue weighted by molar-refractivity contribution is 0.275. The Morgan fingerprint density at radius 2 is 2.06 bits per heavy atom. The van der Waals surface area contributed by atoms with E-state index in [9.17, 15) is 14.3 Å². The summed E-state index contributed by atoms with van der Waals surface area (Å²) in [5, 5.41) is 19.9. The summed E-state index contributed by atoms with van der Waals surface area (Å²) in [5.74, 6) is 0.741. The van der Waals surface area contributed by atoms with E-state index < -0.39 is 11.4 Å². The molecule has 170 valence electrons. The second-order valence-corrected chi connectivity index (χ2v) is 8.17. The van der Waals surface area contributed by atoms with Crippen molar-refractivity contribution in [1.29, 1.82) is 0 Å². The second-order valence-electron chi connectivity index (χ2n) is 7.23. The van der Waals surface area contributed by atoms with E-state index in [1.54, 1.807) is 24.3 Å². The Hall–Kier alpha value is -3.59. The van der Waals surface area contributed by atoms with Crippen molar-refractivity contribution < 1.29 is 18.7 Å². The van der Waals surface area contributed by atoms with Crippen LogP contribution in [0.2, 0.25) is 0 Å². The monoisotopic (exact) mass is 467 g/mol. The van der Waals surface area contributed by atoms with Crippen molar-refractivity contribution in [3.63, 3.8) is 0 Å². The highest BCUT2D eigenvalue weighted by molar-refractivity contribution is 7.98. The van der Waals surface area contributed by atoms with Gasteiger partial charge in [-0.25, -0.2) is 9.18 Å². The molecule has 2 aromatic heterocycles. The number of halogens is 1. The van der Waals surface area contributed by atoms with Gasteiger partial charge in [0.15, 0.2) is 22.5 Å². The van der Waals surface area contributed by atoms with Crippen LogP contribution in [-0.4, -0.2) is 19.9 Å². The number of thioether (sulfide) groups is 1. The van der Waals surface area contributed by atoms with E-state index in [0.29, 0.717) is 35.3 Å². The molecule has 4 aromatic rings. The summed E-state index contributed by atoms with van der Waals surface area (Å²) < 4.78 is 26.5. The van der Waals surface area contributed by atoms with E-state index in [1.165, 1.54) is 30.0 Å². The van der Waals surface area contributed by atoms with Gasteiger partial charge in [-0.05, 0) is 35.7 Å². The van der Waals surface area contributed by atoms with Crippen molar-refractivity contribution in [1.82, 2.24) is 14.8 Å². The van der Waals surface area contributed by atoms with Crippen LogP contribution in [0.15, 0.2) is 69.5 Å². The second kappa shape index (κ2) is 9.91. The van der Waals surface area contributed by atoms with Gasteiger partial charge in [0.25, 0.3) is 0 Å². The lowest BCUT2D eigenvalue weighted by Gasteiger charge is -2.10. The first-order chi connectivity index (χ1) is 16.0. The number of aromatic nitrogens is 3. The molecule has 0 spiro atoms. The standard InChI is InChI=1S/C24H22FN3O4S/c1-3-9-28-22(13-31-20-8-6-5-7-18(20)25)26-27-24(28)33-14-16-11-23(30)32-21-12-19(29)15(4-2)10-17(16)21/h3,5-8,10-12,29H,1,4,9,13-14H2,2H3. The van der Waals surface area contributed by atoms with Crippen molar-refractivity contribution in [2.24, 2.45) is 0 Å². The zero-order valence-corrected chi connectivity index (χ0v) is 18.8. The summed E-state index contributed by atoms with van der Waals surface area (Å²) in [4.78, 5) is 12.1. The first kappa shape index (κ1) is 22.6. The third-order valence-electron chi connectivity index (χ3n) is 5.07. The number of nitrogens with zero attached hydrogens (tertiary/aromatic N) is 3. The van der Waals surface area contributed by atoms with Crippen molar-refractivity contribution >= 4 is 22.7 Å². The van der Waals surface area contributed by atoms with Gasteiger partial charge in [-0.3, -0.25) is 4.57 Å².